The van der Waals surface area contributed by atoms with E-state index in [-0.39, 0.29) is 29.7 Å². The Balaban J connectivity index is 2.05. The number of nitrogens with zero attached hydrogens (tertiary/aromatic N) is 1. The van der Waals surface area contributed by atoms with Crippen molar-refractivity contribution >= 4 is 35.1 Å². The van der Waals surface area contributed by atoms with Crippen molar-refractivity contribution in [3.05, 3.63) is 68.7 Å². The Kier molecular flexibility index (Phi) is 8.54. The number of amides is 2. The number of ether oxygens (including phenoxy) is 2. The van der Waals surface area contributed by atoms with Crippen LogP contribution >= 0.6 is 11.6 Å². The molecule has 0 unspecified atom stereocenters. The number of nitro groups is 1. The summed E-state index contributed by atoms with van der Waals surface area (Å²) in [5, 5.41) is 13.5. The lowest BCUT2D eigenvalue weighted by molar-refractivity contribution is -0.384. The number of carbonyl (C=O) groups is 3. The second-order valence-electron chi connectivity index (χ2n) is 7.13. The van der Waals surface area contributed by atoms with Crippen LogP contribution in [0, 0.1) is 16.0 Å². The Hall–Kier alpha value is -3.66. The summed E-state index contributed by atoms with van der Waals surface area (Å²) in [6.45, 7) is 3.05. The molecule has 2 aromatic carbocycles. The molecular weight excluding hydrogens is 442 g/mol. The summed E-state index contributed by atoms with van der Waals surface area (Å²) in [4.78, 5) is 46.3. The Morgan fingerprint density at radius 1 is 1.19 bits per heavy atom. The number of primary amides is 1. The highest BCUT2D eigenvalue weighted by Gasteiger charge is 2.27. The zero-order valence-electron chi connectivity index (χ0n) is 17.4. The van der Waals surface area contributed by atoms with Crippen LogP contribution in [0.3, 0.4) is 0 Å². The summed E-state index contributed by atoms with van der Waals surface area (Å²) in [6, 6.07) is 9.18. The molecule has 0 saturated heterocycles. The normalized spacial score (nSPS) is 11.5. The number of esters is 1. The molecule has 32 heavy (non-hydrogen) atoms. The van der Waals surface area contributed by atoms with E-state index in [1.54, 1.807) is 38.1 Å². The number of hydrogen-bond donors (Lipinski definition) is 2. The summed E-state index contributed by atoms with van der Waals surface area (Å²) in [5.74, 6) is -1.92. The van der Waals surface area contributed by atoms with E-state index in [0.29, 0.717) is 11.3 Å². The maximum atomic E-state index is 12.6. The maximum Gasteiger partial charge on any atom is 0.329 e. The third-order valence-corrected chi connectivity index (χ3v) is 4.59. The molecule has 0 heterocycles. The number of hydrogen-bond acceptors (Lipinski definition) is 7. The van der Waals surface area contributed by atoms with E-state index in [1.807, 2.05) is 0 Å². The molecule has 0 aliphatic heterocycles. The summed E-state index contributed by atoms with van der Waals surface area (Å²) >= 11 is 5.77. The van der Waals surface area contributed by atoms with Gasteiger partial charge in [-0.1, -0.05) is 37.6 Å². The molecule has 0 fully saturated rings. The van der Waals surface area contributed by atoms with Crippen molar-refractivity contribution in [3.63, 3.8) is 0 Å². The minimum atomic E-state index is -0.994. The fourth-order valence-corrected chi connectivity index (χ4v) is 2.83. The van der Waals surface area contributed by atoms with Gasteiger partial charge in [0.15, 0.2) is 6.61 Å². The predicted molar refractivity (Wildman–Crippen MR) is 115 cm³/mol. The minimum Gasteiger partial charge on any atom is -0.484 e. The highest BCUT2D eigenvalue weighted by molar-refractivity contribution is 6.32. The van der Waals surface area contributed by atoms with Gasteiger partial charge in [0.25, 0.3) is 17.5 Å². The number of rotatable bonds is 10. The molecule has 2 rings (SSSR count). The van der Waals surface area contributed by atoms with E-state index in [9.17, 15) is 24.5 Å². The Morgan fingerprint density at radius 2 is 1.91 bits per heavy atom. The molecule has 1 atom stereocenters. The number of nitro benzene ring substituents is 1. The molecular formula is C21H22ClN3O7. The summed E-state index contributed by atoms with van der Waals surface area (Å²) in [6.07, 6.45) is 0. The zero-order valence-corrected chi connectivity index (χ0v) is 18.1. The second kappa shape index (κ2) is 11.1. The van der Waals surface area contributed by atoms with Gasteiger partial charge in [0.2, 0.25) is 0 Å². The first-order chi connectivity index (χ1) is 15.1. The zero-order chi connectivity index (χ0) is 23.8. The maximum absolute atomic E-state index is 12.6. The van der Waals surface area contributed by atoms with E-state index >= 15 is 0 Å². The third-order valence-electron chi connectivity index (χ3n) is 4.27. The van der Waals surface area contributed by atoms with E-state index in [4.69, 9.17) is 26.8 Å². The molecule has 3 N–H and O–H groups in total. The van der Waals surface area contributed by atoms with Crippen LogP contribution < -0.4 is 15.8 Å². The SMILES string of the molecule is CC(C)[C@H](NC(=O)c1ccc(Cl)c([N+](=O)[O-])c1)C(=O)OCc1cccc(OCC(N)=O)c1. The van der Waals surface area contributed by atoms with E-state index < -0.39 is 34.4 Å². The Labute approximate surface area is 188 Å². The number of nitrogens with one attached hydrogen (secondary N) is 1. The van der Waals surface area contributed by atoms with Crippen LogP contribution in [0.1, 0.15) is 29.8 Å². The highest BCUT2D eigenvalue weighted by Crippen LogP contribution is 2.25. The van der Waals surface area contributed by atoms with E-state index in [0.717, 1.165) is 6.07 Å². The van der Waals surface area contributed by atoms with E-state index in [2.05, 4.69) is 5.32 Å². The van der Waals surface area contributed by atoms with E-state index in [1.165, 1.54) is 12.1 Å². The van der Waals surface area contributed by atoms with Crippen LogP contribution in [0.4, 0.5) is 5.69 Å². The van der Waals surface area contributed by atoms with Crippen LogP contribution in [0.15, 0.2) is 42.5 Å². The summed E-state index contributed by atoms with van der Waals surface area (Å²) < 4.78 is 10.5. The molecule has 0 radical (unpaired) electrons. The molecule has 0 spiro atoms. The number of halogens is 1. The fourth-order valence-electron chi connectivity index (χ4n) is 2.64. The van der Waals surface area contributed by atoms with Crippen molar-refractivity contribution < 1.29 is 28.8 Å². The average Bonchev–Trinajstić information content (AvgIpc) is 2.74. The molecule has 0 aliphatic rings. The molecule has 0 aromatic heterocycles. The quantitative estimate of drug-likeness (QED) is 0.312. The molecule has 0 aliphatic carbocycles. The van der Waals surface area contributed by atoms with Gasteiger partial charge in [0.1, 0.15) is 23.4 Å². The number of nitrogens with two attached hydrogens (primary N) is 1. The number of carbonyl (C=O) groups excluding carboxylic acids is 3. The molecule has 2 aromatic rings. The fraction of sp³-hybridized carbons (Fsp3) is 0.286. The van der Waals surface area contributed by atoms with Crippen molar-refractivity contribution in [1.29, 1.82) is 0 Å². The molecule has 10 nitrogen and oxygen atoms in total. The van der Waals surface area contributed by atoms with Gasteiger partial charge in [-0.2, -0.15) is 0 Å². The lowest BCUT2D eigenvalue weighted by atomic mass is 10.0. The molecule has 0 saturated carbocycles. The largest absolute Gasteiger partial charge is 0.484 e. The molecule has 170 valence electrons. The van der Waals surface area contributed by atoms with Crippen LogP contribution in [-0.4, -0.2) is 35.4 Å². The van der Waals surface area contributed by atoms with Crippen LogP contribution in [0.25, 0.3) is 0 Å². The van der Waals surface area contributed by atoms with Gasteiger partial charge in [-0.25, -0.2) is 4.79 Å². The van der Waals surface area contributed by atoms with Gasteiger partial charge in [-0.15, -0.1) is 0 Å². The van der Waals surface area contributed by atoms with Crippen molar-refractivity contribution in [1.82, 2.24) is 5.32 Å². The topological polar surface area (TPSA) is 151 Å². The molecule has 2 amide bonds. The third kappa shape index (κ3) is 6.95. The van der Waals surface area contributed by atoms with Crippen molar-refractivity contribution in [3.8, 4) is 5.75 Å². The first-order valence-corrected chi connectivity index (χ1v) is 9.87. The molecule has 11 heteroatoms. The van der Waals surface area contributed by atoms with Crippen molar-refractivity contribution in [2.24, 2.45) is 11.7 Å². The van der Waals surface area contributed by atoms with Crippen LogP contribution in [0.5, 0.6) is 5.75 Å². The average molecular weight is 464 g/mol. The highest BCUT2D eigenvalue weighted by atomic mass is 35.5. The number of benzene rings is 2. The smallest absolute Gasteiger partial charge is 0.329 e. The second-order valence-corrected chi connectivity index (χ2v) is 7.54. The first kappa shape index (κ1) is 24.6. The van der Waals surface area contributed by atoms with Gasteiger partial charge in [-0.05, 0) is 35.7 Å². The Bertz CT molecular complexity index is 1030. The predicted octanol–water partition coefficient (Wildman–Crippen LogP) is 2.61. The Morgan fingerprint density at radius 3 is 2.53 bits per heavy atom. The van der Waals surface area contributed by atoms with Crippen molar-refractivity contribution in [2.75, 3.05) is 6.61 Å². The van der Waals surface area contributed by atoms with Gasteiger partial charge < -0.3 is 20.5 Å². The standard InChI is InChI=1S/C21H22ClN3O7/c1-12(2)19(24-20(27)14-6-7-16(22)17(9-14)25(29)30)21(28)32-10-13-4-3-5-15(8-13)31-11-18(23)26/h3-9,12,19H,10-11H2,1-2H3,(H2,23,26)(H,24,27)/t19-/m0/s1. The lowest BCUT2D eigenvalue weighted by Gasteiger charge is -2.21. The van der Waals surface area contributed by atoms with Gasteiger partial charge >= 0.3 is 5.97 Å². The summed E-state index contributed by atoms with van der Waals surface area (Å²) in [5.41, 5.74) is 5.21. The lowest BCUT2D eigenvalue weighted by Crippen LogP contribution is -2.45. The van der Waals surface area contributed by atoms with Gasteiger partial charge in [0, 0.05) is 11.6 Å². The van der Waals surface area contributed by atoms with Crippen LogP contribution in [0.2, 0.25) is 5.02 Å². The molecule has 0 bridgehead atoms. The van der Waals surface area contributed by atoms with Crippen LogP contribution in [-0.2, 0) is 20.9 Å². The first-order valence-electron chi connectivity index (χ1n) is 9.50. The van der Waals surface area contributed by atoms with Gasteiger partial charge in [0.05, 0.1) is 4.92 Å². The minimum absolute atomic E-state index is 0.0150. The van der Waals surface area contributed by atoms with Gasteiger partial charge in [-0.3, -0.25) is 19.7 Å². The summed E-state index contributed by atoms with van der Waals surface area (Å²) in [7, 11) is 0. The monoisotopic (exact) mass is 463 g/mol. The van der Waals surface area contributed by atoms with Crippen molar-refractivity contribution in [2.45, 2.75) is 26.5 Å².